The van der Waals surface area contributed by atoms with E-state index in [2.05, 4.69) is 0 Å². The lowest BCUT2D eigenvalue weighted by Gasteiger charge is -2.48. The highest BCUT2D eigenvalue weighted by Gasteiger charge is 2.54. The molecule has 0 bridgehead atoms. The van der Waals surface area contributed by atoms with Crippen molar-refractivity contribution < 1.29 is 109 Å². The van der Waals surface area contributed by atoms with Gasteiger partial charge >= 0.3 is 11.9 Å². The second kappa shape index (κ2) is 16.9. The van der Waals surface area contributed by atoms with Crippen LogP contribution in [0.3, 0.4) is 0 Å². The molecule has 0 aliphatic carbocycles. The van der Waals surface area contributed by atoms with Crippen LogP contribution in [0.15, 0.2) is 11.8 Å². The summed E-state index contributed by atoms with van der Waals surface area (Å²) >= 11 is 0. The molecule has 282 valence electrons. The van der Waals surface area contributed by atoms with Gasteiger partial charge in [0.05, 0.1) is 26.4 Å². The number of aliphatic hydroxyl groups excluding tert-OH is 10. The monoisotopic (exact) mass is 719 g/mol. The van der Waals surface area contributed by atoms with Crippen LogP contribution >= 0.6 is 0 Å². The van der Waals surface area contributed by atoms with E-state index in [0.717, 1.165) is 0 Å². The van der Waals surface area contributed by atoms with Gasteiger partial charge in [-0.1, -0.05) is 0 Å². The number of carbonyl (C=O) groups is 2. The van der Waals surface area contributed by atoms with E-state index >= 15 is 0 Å². The molecule has 0 aromatic carbocycles. The van der Waals surface area contributed by atoms with Gasteiger partial charge in [0.25, 0.3) is 0 Å². The second-order valence-electron chi connectivity index (χ2n) is 11.6. The Labute approximate surface area is 275 Å². The molecule has 3 fully saturated rings. The minimum Gasteiger partial charge on any atom is -0.480 e. The first kappa shape index (κ1) is 39.5. The van der Waals surface area contributed by atoms with Gasteiger partial charge in [0.1, 0.15) is 85.4 Å². The van der Waals surface area contributed by atoms with Gasteiger partial charge in [-0.15, -0.1) is 0 Å². The third-order valence-corrected chi connectivity index (χ3v) is 8.13. The fraction of sp³-hybridized carbons (Fsp3) is 0.846. The summed E-state index contributed by atoms with van der Waals surface area (Å²) in [6, 6.07) is -1.46. The fourth-order valence-corrected chi connectivity index (χ4v) is 5.32. The maximum absolute atomic E-state index is 11.4. The van der Waals surface area contributed by atoms with Crippen LogP contribution in [0.4, 0.5) is 0 Å². The predicted octanol–water partition coefficient (Wildman–Crippen LogP) is -8.43. The molecular formula is C26H41NO22. The Morgan fingerprint density at radius 2 is 1.27 bits per heavy atom. The fourth-order valence-electron chi connectivity index (χ4n) is 5.32. The van der Waals surface area contributed by atoms with Crippen molar-refractivity contribution in [2.45, 2.75) is 111 Å². The molecule has 18 atom stereocenters. The molecule has 23 heteroatoms. The van der Waals surface area contributed by atoms with Crippen molar-refractivity contribution >= 4 is 11.9 Å². The lowest BCUT2D eigenvalue weighted by atomic mass is 9.96. The number of carboxylic acid groups (broad SMARTS) is 2. The zero-order valence-corrected chi connectivity index (χ0v) is 25.3. The summed E-state index contributed by atoms with van der Waals surface area (Å²) in [6.07, 6.45) is -30.1. The Balaban J connectivity index is 1.46. The minimum absolute atomic E-state index is 0.516. The molecule has 4 aliphatic rings. The Morgan fingerprint density at radius 3 is 1.78 bits per heavy atom. The topological polar surface area (TPSA) is 377 Å². The molecule has 14 N–H and O–H groups in total. The number of hydrogen-bond acceptors (Lipinski definition) is 21. The van der Waals surface area contributed by atoms with Gasteiger partial charge in [-0.2, -0.15) is 0 Å². The van der Waals surface area contributed by atoms with Gasteiger partial charge in [-0.25, -0.2) is 4.79 Å². The van der Waals surface area contributed by atoms with E-state index in [-0.39, 0.29) is 0 Å². The quantitative estimate of drug-likeness (QED) is 0.0840. The Bertz CT molecular complexity index is 1150. The van der Waals surface area contributed by atoms with E-state index in [1.165, 1.54) is 0 Å². The molecule has 3 saturated heterocycles. The number of ether oxygens (including phenoxy) is 8. The average Bonchev–Trinajstić information content (AvgIpc) is 3.06. The first-order valence-corrected chi connectivity index (χ1v) is 14.9. The highest BCUT2D eigenvalue weighted by molar-refractivity contribution is 5.84. The Kier molecular flexibility index (Phi) is 13.6. The van der Waals surface area contributed by atoms with Crippen molar-refractivity contribution in [3.05, 3.63) is 11.8 Å². The number of carboxylic acids is 2. The molecule has 0 saturated carbocycles. The van der Waals surface area contributed by atoms with Crippen molar-refractivity contribution in [3.8, 4) is 0 Å². The van der Waals surface area contributed by atoms with Gasteiger partial charge in [0.2, 0.25) is 12.0 Å². The maximum atomic E-state index is 11.4. The van der Waals surface area contributed by atoms with Gasteiger partial charge in [-0.3, -0.25) is 4.79 Å². The SMILES string of the molecule is NC(CO[C@@H]1OC[C@@H](O[C@@H]2OC(CO)[C@H](O)[C@H](O[C@@H]3OC(CO)[C@H](O)[C@H](O[C@@H]4OC(C(=O)O)=C[C@@H](O)C4O)C3O)C2O)[C@@H](O)C1O)C(=O)O. The first-order chi connectivity index (χ1) is 23.1. The van der Waals surface area contributed by atoms with E-state index in [4.69, 9.17) is 48.7 Å². The Morgan fingerprint density at radius 1 is 0.735 bits per heavy atom. The number of aliphatic hydroxyl groups is 10. The van der Waals surface area contributed by atoms with Gasteiger partial charge in [0, 0.05) is 0 Å². The molecule has 0 radical (unpaired) electrons. The molecule has 0 amide bonds. The first-order valence-electron chi connectivity index (χ1n) is 14.9. The highest BCUT2D eigenvalue weighted by atomic mass is 16.8. The summed E-state index contributed by atoms with van der Waals surface area (Å²) in [5, 5.41) is 123. The van der Waals surface area contributed by atoms with E-state index in [9.17, 15) is 65.8 Å². The smallest absolute Gasteiger partial charge is 0.371 e. The molecular weight excluding hydrogens is 678 g/mol. The summed E-state index contributed by atoms with van der Waals surface area (Å²) in [5.74, 6) is -3.87. The summed E-state index contributed by atoms with van der Waals surface area (Å²) in [7, 11) is 0. The largest absolute Gasteiger partial charge is 0.480 e. The van der Waals surface area contributed by atoms with Crippen molar-refractivity contribution in [1.29, 1.82) is 0 Å². The number of aliphatic carboxylic acids is 2. The second-order valence-corrected chi connectivity index (χ2v) is 11.6. The van der Waals surface area contributed by atoms with Crippen molar-refractivity contribution in [2.75, 3.05) is 26.4 Å². The van der Waals surface area contributed by atoms with Gasteiger partial charge in [-0.05, 0) is 6.08 Å². The summed E-state index contributed by atoms with van der Waals surface area (Å²) in [4.78, 5) is 22.3. The lowest BCUT2D eigenvalue weighted by molar-refractivity contribution is -0.380. The maximum Gasteiger partial charge on any atom is 0.371 e. The number of nitrogens with two attached hydrogens (primary N) is 1. The molecule has 49 heavy (non-hydrogen) atoms. The van der Waals surface area contributed by atoms with Crippen LogP contribution < -0.4 is 5.73 Å². The average molecular weight is 720 g/mol. The number of hydrogen-bond donors (Lipinski definition) is 13. The number of rotatable bonds is 13. The van der Waals surface area contributed by atoms with Crippen LogP contribution in [0, 0.1) is 0 Å². The van der Waals surface area contributed by atoms with E-state index in [1.54, 1.807) is 0 Å². The molecule has 23 nitrogen and oxygen atoms in total. The third-order valence-electron chi connectivity index (χ3n) is 8.13. The zero-order valence-electron chi connectivity index (χ0n) is 25.3. The van der Waals surface area contributed by atoms with Gasteiger partial charge in [0.15, 0.2) is 18.9 Å². The van der Waals surface area contributed by atoms with Crippen molar-refractivity contribution in [3.63, 3.8) is 0 Å². The molecule has 7 unspecified atom stereocenters. The summed E-state index contributed by atoms with van der Waals surface area (Å²) in [5.41, 5.74) is 5.35. The van der Waals surface area contributed by atoms with Crippen LogP contribution in [0.5, 0.6) is 0 Å². The molecule has 4 heterocycles. The Hall–Kier alpha value is -2.24. The van der Waals surface area contributed by atoms with E-state index < -0.39 is 155 Å². The standard InChI is InChI=1S/C26H41NO22/c27-6(21(38)39)4-42-23-16(35)13(32)11(5-43-23)47-25-17(36)19(14(33)9(2-28)45-25)49-26-18(37)20(15(34)10(3-29)46-26)48-24-12(31)7(30)1-8(44-24)22(40)41/h1,6-7,9-20,23-26,28-37H,2-5,27H2,(H,38,39)(H,40,41)/t6?,7-,9?,10?,11-,12?,13-,14+,15+,16?,17?,18?,19+,20+,23-,24+,25+,26+/m1/s1. The summed E-state index contributed by atoms with van der Waals surface area (Å²) in [6.45, 7) is -2.92. The van der Waals surface area contributed by atoms with Gasteiger partial charge < -0.3 is 105 Å². The third kappa shape index (κ3) is 8.80. The molecule has 4 rings (SSSR count). The van der Waals surface area contributed by atoms with Crippen LogP contribution in [-0.4, -0.2) is 210 Å². The molecule has 0 aromatic heterocycles. The minimum atomic E-state index is -2.09. The normalized spacial score (nSPS) is 45.2. The lowest BCUT2D eigenvalue weighted by Crippen LogP contribution is -2.66. The van der Waals surface area contributed by atoms with Crippen LogP contribution in [0.1, 0.15) is 0 Å². The predicted molar refractivity (Wildman–Crippen MR) is 146 cm³/mol. The van der Waals surface area contributed by atoms with Crippen molar-refractivity contribution in [2.24, 2.45) is 5.73 Å². The zero-order chi connectivity index (χ0) is 36.3. The van der Waals surface area contributed by atoms with Crippen molar-refractivity contribution in [1.82, 2.24) is 0 Å². The highest BCUT2D eigenvalue weighted by Crippen LogP contribution is 2.33. The van der Waals surface area contributed by atoms with E-state index in [0.29, 0.717) is 6.08 Å². The molecule has 0 spiro atoms. The summed E-state index contributed by atoms with van der Waals surface area (Å²) < 4.78 is 42.9. The van der Waals surface area contributed by atoms with Crippen LogP contribution in [0.25, 0.3) is 0 Å². The molecule has 4 aliphatic heterocycles. The van der Waals surface area contributed by atoms with Crippen LogP contribution in [0.2, 0.25) is 0 Å². The molecule has 0 aromatic rings. The van der Waals surface area contributed by atoms with Crippen LogP contribution in [-0.2, 0) is 47.5 Å². The van der Waals surface area contributed by atoms with E-state index in [1.807, 2.05) is 0 Å².